The number of nitrogens with one attached hydrogen (secondary N) is 3. The average Bonchev–Trinajstić information content (AvgIpc) is 2.74. The Morgan fingerprint density at radius 3 is 2.19 bits per heavy atom. The fourth-order valence-electron chi connectivity index (χ4n) is 3.14. The van der Waals surface area contributed by atoms with Crippen molar-refractivity contribution in [2.24, 2.45) is 11.6 Å². The number of hydrogen-bond donors (Lipinski definition) is 6. The molecule has 31 heavy (non-hydrogen) atoms. The van der Waals surface area contributed by atoms with Crippen molar-refractivity contribution < 1.29 is 14.8 Å². The van der Waals surface area contributed by atoms with Crippen molar-refractivity contribution in [3.63, 3.8) is 0 Å². The first-order valence-corrected chi connectivity index (χ1v) is 9.86. The molecule has 0 aromatic heterocycles. The summed E-state index contributed by atoms with van der Waals surface area (Å²) in [6.45, 7) is 1.93. The molecule has 0 radical (unpaired) electrons. The van der Waals surface area contributed by atoms with Gasteiger partial charge in [0.15, 0.2) is 0 Å². The van der Waals surface area contributed by atoms with Gasteiger partial charge >= 0.3 is 0 Å². The molecule has 0 bridgehead atoms. The van der Waals surface area contributed by atoms with Gasteiger partial charge in [-0.1, -0.05) is 36.4 Å². The molecule has 0 fully saturated rings. The number of hydrazine groups is 1. The minimum absolute atomic E-state index is 0.00267. The van der Waals surface area contributed by atoms with Gasteiger partial charge in [0.1, 0.15) is 0 Å². The van der Waals surface area contributed by atoms with E-state index < -0.39 is 11.9 Å². The van der Waals surface area contributed by atoms with E-state index in [4.69, 9.17) is 16.8 Å². The number of carbonyl (C=O) groups excluding carboxylic acids is 2. The number of rotatable bonds is 10. The third kappa shape index (κ3) is 7.74. The van der Waals surface area contributed by atoms with Crippen LogP contribution in [0.3, 0.4) is 0 Å². The fraction of sp³-hybridized carbons (Fsp3) is 0.273. The van der Waals surface area contributed by atoms with Crippen LogP contribution in [0.15, 0.2) is 60.4 Å². The van der Waals surface area contributed by atoms with Crippen LogP contribution in [0.5, 0.6) is 0 Å². The molecule has 1 unspecified atom stereocenters. The highest BCUT2D eigenvalue weighted by atomic mass is 16.5. The minimum Gasteiger partial charge on any atom is -0.400 e. The molecule has 2 aromatic carbocycles. The quantitative estimate of drug-likeness (QED) is 0.191. The van der Waals surface area contributed by atoms with E-state index in [1.54, 1.807) is 18.7 Å². The zero-order chi connectivity index (χ0) is 22.8. The maximum absolute atomic E-state index is 11.7. The van der Waals surface area contributed by atoms with Crippen LogP contribution in [-0.4, -0.2) is 41.7 Å². The summed E-state index contributed by atoms with van der Waals surface area (Å²) >= 11 is 0. The van der Waals surface area contributed by atoms with Gasteiger partial charge in [-0.3, -0.25) is 14.8 Å². The lowest BCUT2D eigenvalue weighted by atomic mass is 9.99. The van der Waals surface area contributed by atoms with Crippen molar-refractivity contribution >= 4 is 17.5 Å². The molecule has 9 heteroatoms. The molecule has 0 saturated carbocycles. The molecule has 0 saturated heterocycles. The van der Waals surface area contributed by atoms with Crippen LogP contribution in [0.1, 0.15) is 18.9 Å². The summed E-state index contributed by atoms with van der Waals surface area (Å²) < 4.78 is 0. The summed E-state index contributed by atoms with van der Waals surface area (Å²) in [5.41, 5.74) is 11.8. The molecule has 9 nitrogen and oxygen atoms in total. The van der Waals surface area contributed by atoms with E-state index in [9.17, 15) is 9.59 Å². The maximum Gasteiger partial charge on any atom is 0.245 e. The molecular formula is C22H30N6O3. The van der Waals surface area contributed by atoms with Gasteiger partial charge in [-0.25, -0.2) is 11.3 Å². The average molecular weight is 427 g/mol. The zero-order valence-corrected chi connectivity index (χ0v) is 17.8. The number of benzene rings is 2. The highest BCUT2D eigenvalue weighted by Gasteiger charge is 2.18. The van der Waals surface area contributed by atoms with Crippen molar-refractivity contribution in [1.29, 1.82) is 0 Å². The number of carbonyl (C=O) groups is 2. The first kappa shape index (κ1) is 23.9. The van der Waals surface area contributed by atoms with Gasteiger partial charge < -0.3 is 21.4 Å². The summed E-state index contributed by atoms with van der Waals surface area (Å²) in [7, 11) is 1.77. The van der Waals surface area contributed by atoms with Crippen LogP contribution < -0.4 is 27.7 Å². The zero-order valence-electron chi connectivity index (χ0n) is 17.8. The van der Waals surface area contributed by atoms with Crippen LogP contribution in [0.2, 0.25) is 0 Å². The summed E-state index contributed by atoms with van der Waals surface area (Å²) in [4.78, 5) is 22.9. The Morgan fingerprint density at radius 1 is 1.10 bits per heavy atom. The standard InChI is InChI=1S/C22H30N6O3/c1-15(29)26-20-9-7-18(8-10-20)17-5-3-16(4-6-17)11-21(12-22(30)27-31)28(24)14-19(23)13-25-2/h3-10,14,21,25,31H,11-13,23-24H2,1-2H3,(H,26,29)(H,27,30)/b19-14-. The Labute approximate surface area is 182 Å². The highest BCUT2D eigenvalue weighted by molar-refractivity contribution is 5.89. The second-order valence-electron chi connectivity index (χ2n) is 7.23. The summed E-state index contributed by atoms with van der Waals surface area (Å²) in [5.74, 6) is 5.48. The van der Waals surface area contributed by atoms with E-state index in [1.807, 2.05) is 48.5 Å². The smallest absolute Gasteiger partial charge is 0.245 e. The largest absolute Gasteiger partial charge is 0.400 e. The molecule has 2 amide bonds. The van der Waals surface area contributed by atoms with E-state index in [2.05, 4.69) is 10.6 Å². The SMILES string of the molecule is CNC/C(N)=C/N(N)C(CC(=O)NO)Cc1ccc(-c2ccc(NC(C)=O)cc2)cc1. The molecule has 166 valence electrons. The molecular weight excluding hydrogens is 396 g/mol. The van der Waals surface area contributed by atoms with Crippen LogP contribution in [0.25, 0.3) is 11.1 Å². The van der Waals surface area contributed by atoms with Gasteiger partial charge in [-0.2, -0.15) is 0 Å². The van der Waals surface area contributed by atoms with Gasteiger partial charge in [-0.05, 0) is 42.3 Å². The van der Waals surface area contributed by atoms with E-state index >= 15 is 0 Å². The van der Waals surface area contributed by atoms with Crippen molar-refractivity contribution in [1.82, 2.24) is 15.8 Å². The van der Waals surface area contributed by atoms with Gasteiger partial charge in [0.2, 0.25) is 11.8 Å². The Kier molecular flexibility index (Phi) is 9.01. The predicted molar refractivity (Wildman–Crippen MR) is 120 cm³/mol. The Morgan fingerprint density at radius 2 is 1.68 bits per heavy atom. The highest BCUT2D eigenvalue weighted by Crippen LogP contribution is 2.23. The third-order valence-corrected chi connectivity index (χ3v) is 4.63. The number of anilines is 1. The van der Waals surface area contributed by atoms with Gasteiger partial charge in [0.25, 0.3) is 0 Å². The Bertz CT molecular complexity index is 896. The maximum atomic E-state index is 11.7. The van der Waals surface area contributed by atoms with Gasteiger partial charge in [0, 0.05) is 31.1 Å². The molecule has 0 aliphatic heterocycles. The lowest BCUT2D eigenvalue weighted by Gasteiger charge is -2.26. The van der Waals surface area contributed by atoms with Gasteiger partial charge in [-0.15, -0.1) is 0 Å². The minimum atomic E-state index is -0.531. The predicted octanol–water partition coefficient (Wildman–Crippen LogP) is 1.31. The van der Waals surface area contributed by atoms with Crippen LogP contribution >= 0.6 is 0 Å². The lowest BCUT2D eigenvalue weighted by molar-refractivity contribution is -0.130. The molecule has 8 N–H and O–H groups in total. The van der Waals surface area contributed by atoms with Crippen molar-refractivity contribution in [2.75, 3.05) is 18.9 Å². The molecule has 2 aromatic rings. The second-order valence-corrected chi connectivity index (χ2v) is 7.23. The number of amides is 2. The number of nitrogens with zero attached hydrogens (tertiary/aromatic N) is 1. The Hall–Kier alpha value is -3.40. The number of hydrogen-bond acceptors (Lipinski definition) is 7. The van der Waals surface area contributed by atoms with Crippen LogP contribution in [0.4, 0.5) is 5.69 Å². The topological polar surface area (TPSA) is 146 Å². The van der Waals surface area contributed by atoms with E-state index in [1.165, 1.54) is 11.9 Å². The van der Waals surface area contributed by atoms with E-state index in [0.29, 0.717) is 18.7 Å². The number of nitrogens with two attached hydrogens (primary N) is 2. The second kappa shape index (κ2) is 11.7. The molecule has 0 aliphatic carbocycles. The molecule has 0 spiro atoms. The van der Waals surface area contributed by atoms with Gasteiger partial charge in [0.05, 0.1) is 12.5 Å². The monoisotopic (exact) mass is 426 g/mol. The molecule has 0 aliphatic rings. The first-order valence-electron chi connectivity index (χ1n) is 9.86. The van der Waals surface area contributed by atoms with E-state index in [0.717, 1.165) is 22.4 Å². The van der Waals surface area contributed by atoms with E-state index in [-0.39, 0.29) is 12.3 Å². The summed E-state index contributed by atoms with van der Waals surface area (Å²) in [5, 5.41) is 16.0. The van der Waals surface area contributed by atoms with Crippen molar-refractivity contribution in [3.8, 4) is 11.1 Å². The van der Waals surface area contributed by atoms with Crippen molar-refractivity contribution in [3.05, 3.63) is 66.0 Å². The molecule has 1 atom stereocenters. The summed E-state index contributed by atoms with van der Waals surface area (Å²) in [6.07, 6.45) is 2.06. The first-order chi connectivity index (χ1) is 14.8. The lowest BCUT2D eigenvalue weighted by Crippen LogP contribution is -2.42. The van der Waals surface area contributed by atoms with Crippen LogP contribution in [0, 0.1) is 0 Å². The summed E-state index contributed by atoms with van der Waals surface area (Å²) in [6, 6.07) is 15.1. The normalized spacial score (nSPS) is 12.2. The molecule has 2 rings (SSSR count). The third-order valence-electron chi connectivity index (χ3n) is 4.63. The Balaban J connectivity index is 2.13. The number of likely N-dealkylation sites (N-methyl/N-ethyl adjacent to an activating group) is 1. The van der Waals surface area contributed by atoms with Crippen molar-refractivity contribution in [2.45, 2.75) is 25.8 Å². The number of hydroxylamine groups is 1. The van der Waals surface area contributed by atoms with Crippen LogP contribution in [-0.2, 0) is 16.0 Å². The molecule has 0 heterocycles. The fourth-order valence-corrected chi connectivity index (χ4v) is 3.14.